The Hall–Kier alpha value is -0.930. The van der Waals surface area contributed by atoms with Crippen molar-refractivity contribution in [1.29, 1.82) is 0 Å². The van der Waals surface area contributed by atoms with E-state index in [0.717, 1.165) is 12.1 Å². The topological polar surface area (TPSA) is 42.2 Å². The SMILES string of the molecule is CN1CCCC(c2cncc(CN)c2)C1. The minimum absolute atomic E-state index is 0.587. The van der Waals surface area contributed by atoms with Crippen molar-refractivity contribution in [3.05, 3.63) is 29.6 Å². The fourth-order valence-electron chi connectivity index (χ4n) is 2.28. The molecule has 1 aromatic rings. The molecule has 1 aromatic heterocycles. The lowest BCUT2D eigenvalue weighted by atomic mass is 9.91. The molecular weight excluding hydrogens is 186 g/mol. The number of aromatic nitrogens is 1. The number of likely N-dealkylation sites (tertiary alicyclic amines) is 1. The molecule has 0 aliphatic carbocycles. The molecule has 82 valence electrons. The van der Waals surface area contributed by atoms with Crippen LogP contribution in [0.4, 0.5) is 0 Å². The van der Waals surface area contributed by atoms with Gasteiger partial charge in [0.15, 0.2) is 0 Å². The Bertz CT molecular complexity index is 324. The number of hydrogen-bond acceptors (Lipinski definition) is 3. The zero-order valence-electron chi connectivity index (χ0n) is 9.32. The monoisotopic (exact) mass is 205 g/mol. The van der Waals surface area contributed by atoms with Crippen LogP contribution in [-0.2, 0) is 6.54 Å². The summed E-state index contributed by atoms with van der Waals surface area (Å²) in [6.07, 6.45) is 6.41. The van der Waals surface area contributed by atoms with Gasteiger partial charge in [0.05, 0.1) is 0 Å². The molecule has 15 heavy (non-hydrogen) atoms. The molecule has 0 saturated carbocycles. The largest absolute Gasteiger partial charge is 0.326 e. The molecule has 2 N–H and O–H groups in total. The van der Waals surface area contributed by atoms with Crippen LogP contribution < -0.4 is 5.73 Å². The smallest absolute Gasteiger partial charge is 0.0312 e. The summed E-state index contributed by atoms with van der Waals surface area (Å²) in [5.41, 5.74) is 8.12. The van der Waals surface area contributed by atoms with Crippen molar-refractivity contribution in [3.8, 4) is 0 Å². The van der Waals surface area contributed by atoms with E-state index in [1.165, 1.54) is 24.9 Å². The third kappa shape index (κ3) is 2.55. The second-order valence-corrected chi connectivity index (χ2v) is 4.43. The van der Waals surface area contributed by atoms with Gasteiger partial charge in [0.1, 0.15) is 0 Å². The summed E-state index contributed by atoms with van der Waals surface area (Å²) in [6.45, 7) is 2.96. The van der Waals surface area contributed by atoms with Crippen molar-refractivity contribution in [2.45, 2.75) is 25.3 Å². The Labute approximate surface area is 91.3 Å². The van der Waals surface area contributed by atoms with Crippen LogP contribution in [0.2, 0.25) is 0 Å². The molecule has 0 amide bonds. The van der Waals surface area contributed by atoms with Crippen LogP contribution in [0.25, 0.3) is 0 Å². The third-order valence-electron chi connectivity index (χ3n) is 3.15. The molecule has 1 unspecified atom stereocenters. The van der Waals surface area contributed by atoms with Crippen LogP contribution >= 0.6 is 0 Å². The molecule has 0 aromatic carbocycles. The van der Waals surface area contributed by atoms with E-state index in [2.05, 4.69) is 23.0 Å². The van der Waals surface area contributed by atoms with Gasteiger partial charge in [-0.1, -0.05) is 6.07 Å². The van der Waals surface area contributed by atoms with Gasteiger partial charge in [0.2, 0.25) is 0 Å². The summed E-state index contributed by atoms with van der Waals surface area (Å²) in [5.74, 6) is 0.641. The number of pyridine rings is 1. The van der Waals surface area contributed by atoms with Crippen LogP contribution in [0, 0.1) is 0 Å². The van der Waals surface area contributed by atoms with Crippen molar-refractivity contribution in [1.82, 2.24) is 9.88 Å². The van der Waals surface area contributed by atoms with Crippen LogP contribution in [0.1, 0.15) is 29.9 Å². The van der Waals surface area contributed by atoms with E-state index in [-0.39, 0.29) is 0 Å². The summed E-state index contributed by atoms with van der Waals surface area (Å²) in [6, 6.07) is 2.21. The number of likely N-dealkylation sites (N-methyl/N-ethyl adjacent to an activating group) is 1. The van der Waals surface area contributed by atoms with E-state index in [1.54, 1.807) is 0 Å². The molecule has 0 bridgehead atoms. The minimum Gasteiger partial charge on any atom is -0.326 e. The molecule has 2 rings (SSSR count). The van der Waals surface area contributed by atoms with E-state index in [9.17, 15) is 0 Å². The maximum Gasteiger partial charge on any atom is 0.0312 e. The van der Waals surface area contributed by atoms with Gasteiger partial charge in [0, 0.05) is 25.5 Å². The molecule has 1 saturated heterocycles. The van der Waals surface area contributed by atoms with Crippen molar-refractivity contribution < 1.29 is 0 Å². The van der Waals surface area contributed by atoms with Crippen LogP contribution in [0.3, 0.4) is 0 Å². The second kappa shape index (κ2) is 4.73. The van der Waals surface area contributed by atoms with Crippen molar-refractivity contribution in [2.24, 2.45) is 5.73 Å². The molecule has 1 atom stereocenters. The lowest BCUT2D eigenvalue weighted by Gasteiger charge is -2.29. The van der Waals surface area contributed by atoms with Crippen molar-refractivity contribution in [3.63, 3.8) is 0 Å². The van der Waals surface area contributed by atoms with Crippen molar-refractivity contribution in [2.75, 3.05) is 20.1 Å². The Morgan fingerprint density at radius 3 is 3.13 bits per heavy atom. The summed E-state index contributed by atoms with van der Waals surface area (Å²) in [7, 11) is 2.19. The standard InChI is InChI=1S/C12H19N3/c1-15-4-2-3-11(9-15)12-5-10(6-13)7-14-8-12/h5,7-8,11H,2-4,6,9,13H2,1H3. The summed E-state index contributed by atoms with van der Waals surface area (Å²) in [5, 5.41) is 0. The average Bonchev–Trinajstić information content (AvgIpc) is 2.29. The first-order chi connectivity index (χ1) is 7.29. The summed E-state index contributed by atoms with van der Waals surface area (Å²) < 4.78 is 0. The Balaban J connectivity index is 2.13. The predicted molar refractivity (Wildman–Crippen MR) is 61.6 cm³/mol. The van der Waals surface area contributed by atoms with E-state index >= 15 is 0 Å². The Morgan fingerprint density at radius 2 is 2.40 bits per heavy atom. The van der Waals surface area contributed by atoms with Crippen LogP contribution in [-0.4, -0.2) is 30.0 Å². The van der Waals surface area contributed by atoms with Gasteiger partial charge in [-0.3, -0.25) is 4.98 Å². The lowest BCUT2D eigenvalue weighted by molar-refractivity contribution is 0.250. The molecule has 0 spiro atoms. The average molecular weight is 205 g/mol. The fourth-order valence-corrected chi connectivity index (χ4v) is 2.28. The molecule has 1 aliphatic heterocycles. The van der Waals surface area contributed by atoms with Crippen molar-refractivity contribution >= 4 is 0 Å². The van der Waals surface area contributed by atoms with E-state index in [4.69, 9.17) is 5.73 Å². The van der Waals surface area contributed by atoms with Crippen LogP contribution in [0.15, 0.2) is 18.5 Å². The molecule has 1 aliphatic rings. The van der Waals surface area contributed by atoms with E-state index < -0.39 is 0 Å². The van der Waals surface area contributed by atoms with Gasteiger partial charge in [-0.25, -0.2) is 0 Å². The molecule has 2 heterocycles. The quantitative estimate of drug-likeness (QED) is 0.792. The first-order valence-electron chi connectivity index (χ1n) is 5.62. The van der Waals surface area contributed by atoms with Crippen LogP contribution in [0.5, 0.6) is 0 Å². The van der Waals surface area contributed by atoms with E-state index in [0.29, 0.717) is 12.5 Å². The minimum atomic E-state index is 0.587. The number of piperidine rings is 1. The third-order valence-corrected chi connectivity index (χ3v) is 3.15. The highest BCUT2D eigenvalue weighted by atomic mass is 15.1. The van der Waals surface area contributed by atoms with Gasteiger partial charge < -0.3 is 10.6 Å². The second-order valence-electron chi connectivity index (χ2n) is 4.43. The van der Waals surface area contributed by atoms with Gasteiger partial charge in [-0.05, 0) is 43.5 Å². The fraction of sp³-hybridized carbons (Fsp3) is 0.583. The molecular formula is C12H19N3. The number of hydrogen-bond donors (Lipinski definition) is 1. The normalized spacial score (nSPS) is 22.9. The number of rotatable bonds is 2. The predicted octanol–water partition coefficient (Wildman–Crippen LogP) is 1.35. The summed E-state index contributed by atoms with van der Waals surface area (Å²) >= 11 is 0. The molecule has 3 heteroatoms. The zero-order valence-corrected chi connectivity index (χ0v) is 9.32. The Morgan fingerprint density at radius 1 is 1.53 bits per heavy atom. The van der Waals surface area contributed by atoms with Gasteiger partial charge in [-0.2, -0.15) is 0 Å². The van der Waals surface area contributed by atoms with Gasteiger partial charge in [0.25, 0.3) is 0 Å². The van der Waals surface area contributed by atoms with Gasteiger partial charge in [-0.15, -0.1) is 0 Å². The van der Waals surface area contributed by atoms with E-state index in [1.807, 2.05) is 12.4 Å². The Kier molecular flexibility index (Phi) is 3.34. The lowest BCUT2D eigenvalue weighted by Crippen LogP contribution is -2.30. The number of nitrogens with two attached hydrogens (primary N) is 1. The molecule has 3 nitrogen and oxygen atoms in total. The molecule has 0 radical (unpaired) electrons. The maximum atomic E-state index is 5.63. The maximum absolute atomic E-state index is 5.63. The highest BCUT2D eigenvalue weighted by molar-refractivity contribution is 5.22. The highest BCUT2D eigenvalue weighted by Crippen LogP contribution is 2.25. The highest BCUT2D eigenvalue weighted by Gasteiger charge is 2.18. The zero-order chi connectivity index (χ0) is 10.7. The first-order valence-corrected chi connectivity index (χ1v) is 5.62. The summed E-state index contributed by atoms with van der Waals surface area (Å²) in [4.78, 5) is 6.65. The first kappa shape index (κ1) is 10.6. The van der Waals surface area contributed by atoms with Gasteiger partial charge >= 0.3 is 0 Å². The molecule has 1 fully saturated rings. The number of nitrogens with zero attached hydrogens (tertiary/aromatic N) is 2.